The van der Waals surface area contributed by atoms with Crippen molar-refractivity contribution < 1.29 is 38.1 Å². The van der Waals surface area contributed by atoms with E-state index in [1.807, 2.05) is 50.2 Å². The van der Waals surface area contributed by atoms with Gasteiger partial charge in [0.15, 0.2) is 0 Å². The Labute approximate surface area is 383 Å². The average Bonchev–Trinajstić information content (AvgIpc) is 4.10. The standard InChI is InChI=1S/C50H58N8O8/c1-8-29(4)23-57(47(59)43(28(2)3)55-49(61)64-6)25-42-52-38-17-15-32-20-37-35-16-14-33(19-34(35)27-66-41(37)21-36(32)45(38)54-42)39-22-51-46(53-39)40-18-30(26-63-5)24-58(40)48(60)44(56-50(62)65-7)31-12-10-9-11-13-31/h9-17,19-22,28-30,40,43-44H,8,18,23-27H2,1-7H3,(H,51,53)(H,52,54)(H,55,61)(H,56,62)/t29-,30-,40-,43-,44+/m0/s1. The lowest BCUT2D eigenvalue weighted by atomic mass is 9.92. The molecule has 1 saturated heterocycles. The van der Waals surface area contributed by atoms with Crippen LogP contribution in [-0.2, 0) is 37.0 Å². The molecule has 4 aromatic carbocycles. The van der Waals surface area contributed by atoms with E-state index in [4.69, 9.17) is 28.9 Å². The molecule has 0 saturated carbocycles. The summed E-state index contributed by atoms with van der Waals surface area (Å²) in [5.41, 5.74) is 7.04. The van der Waals surface area contributed by atoms with Gasteiger partial charge in [-0.1, -0.05) is 82.6 Å². The molecule has 2 aromatic heterocycles. The van der Waals surface area contributed by atoms with Gasteiger partial charge in [0.05, 0.1) is 56.3 Å². The first kappa shape index (κ1) is 45.6. The molecular weight excluding hydrogens is 841 g/mol. The molecule has 0 aliphatic carbocycles. The van der Waals surface area contributed by atoms with E-state index in [1.165, 1.54) is 14.2 Å². The Hall–Kier alpha value is -6.94. The molecule has 2 aliphatic rings. The molecular formula is C50H58N8O8. The summed E-state index contributed by atoms with van der Waals surface area (Å²) in [6.45, 7) is 10.0. The lowest BCUT2D eigenvalue weighted by Crippen LogP contribution is -2.51. The van der Waals surface area contributed by atoms with Gasteiger partial charge < -0.3 is 49.3 Å². The Morgan fingerprint density at radius 1 is 0.924 bits per heavy atom. The van der Waals surface area contributed by atoms with Crippen LogP contribution in [0, 0.1) is 17.8 Å². The minimum atomic E-state index is -0.949. The lowest BCUT2D eigenvalue weighted by Gasteiger charge is -2.30. The topological polar surface area (TPSA) is 193 Å². The van der Waals surface area contributed by atoms with Gasteiger partial charge in [-0.25, -0.2) is 19.6 Å². The third-order valence-corrected chi connectivity index (χ3v) is 12.8. The van der Waals surface area contributed by atoms with E-state index in [1.54, 1.807) is 23.1 Å². The zero-order valence-corrected chi connectivity index (χ0v) is 38.5. The predicted molar refractivity (Wildman–Crippen MR) is 249 cm³/mol. The number of hydrogen-bond acceptors (Lipinski definition) is 10. The second-order valence-corrected chi connectivity index (χ2v) is 17.7. The van der Waals surface area contributed by atoms with Gasteiger partial charge in [0.2, 0.25) is 5.91 Å². The number of fused-ring (bicyclic) bond motifs is 6. The van der Waals surface area contributed by atoms with Crippen molar-refractivity contribution in [1.29, 1.82) is 0 Å². The summed E-state index contributed by atoms with van der Waals surface area (Å²) in [4.78, 5) is 73.2. The van der Waals surface area contributed by atoms with Crippen molar-refractivity contribution in [2.24, 2.45) is 17.8 Å². The minimum Gasteiger partial charge on any atom is -0.488 e. The second-order valence-electron chi connectivity index (χ2n) is 17.7. The number of methoxy groups -OCH3 is 3. The number of aromatic nitrogens is 4. The number of rotatable bonds is 15. The largest absolute Gasteiger partial charge is 0.488 e. The fraction of sp³-hybridized carbons (Fsp3) is 0.400. The number of H-pyrrole nitrogens is 2. The quantitative estimate of drug-likeness (QED) is 0.0784. The van der Waals surface area contributed by atoms with E-state index in [0.29, 0.717) is 49.9 Å². The van der Waals surface area contributed by atoms with E-state index in [2.05, 4.69) is 70.8 Å². The van der Waals surface area contributed by atoms with Crippen LogP contribution in [0.4, 0.5) is 9.59 Å². The number of aromatic amines is 2. The Bertz CT molecular complexity index is 2730. The number of likely N-dealkylation sites (tertiary alicyclic amines) is 1. The third-order valence-electron chi connectivity index (χ3n) is 12.8. The highest BCUT2D eigenvalue weighted by molar-refractivity contribution is 6.07. The van der Waals surface area contributed by atoms with E-state index in [9.17, 15) is 19.2 Å². The van der Waals surface area contributed by atoms with Crippen LogP contribution < -0.4 is 15.4 Å². The summed E-state index contributed by atoms with van der Waals surface area (Å²) in [5, 5.41) is 7.42. The van der Waals surface area contributed by atoms with Gasteiger partial charge in [0.1, 0.15) is 36.1 Å². The monoisotopic (exact) mass is 898 g/mol. The zero-order valence-electron chi connectivity index (χ0n) is 38.5. The highest BCUT2D eigenvalue weighted by atomic mass is 16.5. The molecule has 0 unspecified atom stereocenters. The highest BCUT2D eigenvalue weighted by Crippen LogP contribution is 2.43. The highest BCUT2D eigenvalue weighted by Gasteiger charge is 2.41. The van der Waals surface area contributed by atoms with E-state index in [-0.39, 0.29) is 42.2 Å². The number of ether oxygens (including phenoxy) is 4. The van der Waals surface area contributed by atoms with Gasteiger partial charge in [-0.2, -0.15) is 0 Å². The van der Waals surface area contributed by atoms with Crippen LogP contribution in [0.25, 0.3) is 44.2 Å². The van der Waals surface area contributed by atoms with Crippen LogP contribution in [0.1, 0.15) is 75.4 Å². The summed E-state index contributed by atoms with van der Waals surface area (Å²) >= 11 is 0. The average molecular weight is 899 g/mol. The molecule has 2 aliphatic heterocycles. The number of carbonyl (C=O) groups excluding carboxylic acids is 4. The molecule has 4 amide bonds. The van der Waals surface area contributed by atoms with Crippen LogP contribution in [0.2, 0.25) is 0 Å². The molecule has 16 nitrogen and oxygen atoms in total. The van der Waals surface area contributed by atoms with Crippen LogP contribution in [-0.4, -0.2) is 101 Å². The van der Waals surface area contributed by atoms with Gasteiger partial charge in [-0.15, -0.1) is 0 Å². The molecule has 16 heteroatoms. The van der Waals surface area contributed by atoms with Crippen molar-refractivity contribution in [3.8, 4) is 28.1 Å². The van der Waals surface area contributed by atoms with Gasteiger partial charge in [-0.05, 0) is 70.2 Å². The smallest absolute Gasteiger partial charge is 0.407 e. The molecule has 346 valence electrons. The van der Waals surface area contributed by atoms with E-state index < -0.39 is 24.3 Å². The zero-order chi connectivity index (χ0) is 46.6. The third kappa shape index (κ3) is 9.41. The Balaban J connectivity index is 1.04. The lowest BCUT2D eigenvalue weighted by molar-refractivity contribution is -0.136. The second kappa shape index (κ2) is 19.7. The fourth-order valence-corrected chi connectivity index (χ4v) is 9.11. The Morgan fingerprint density at radius 2 is 1.70 bits per heavy atom. The van der Waals surface area contributed by atoms with Crippen molar-refractivity contribution in [2.75, 3.05) is 41.0 Å². The van der Waals surface area contributed by atoms with Crippen molar-refractivity contribution in [2.45, 2.75) is 71.8 Å². The molecule has 6 aromatic rings. The van der Waals surface area contributed by atoms with Crippen molar-refractivity contribution in [3.05, 3.63) is 102 Å². The number of hydrogen-bond donors (Lipinski definition) is 4. The molecule has 0 radical (unpaired) electrons. The van der Waals surface area contributed by atoms with E-state index in [0.717, 1.165) is 61.9 Å². The van der Waals surface area contributed by atoms with Crippen LogP contribution in [0.5, 0.6) is 5.75 Å². The Kier molecular flexibility index (Phi) is 13.6. The summed E-state index contributed by atoms with van der Waals surface area (Å²) in [5.74, 6) is 1.73. The number of carbonyl (C=O) groups is 4. The van der Waals surface area contributed by atoms with Gasteiger partial charge in [0, 0.05) is 37.1 Å². The van der Waals surface area contributed by atoms with Gasteiger partial charge in [-0.3, -0.25) is 9.59 Å². The number of alkyl carbamates (subject to hydrolysis) is 2. The first-order valence-corrected chi connectivity index (χ1v) is 22.5. The minimum absolute atomic E-state index is 0.0665. The van der Waals surface area contributed by atoms with Crippen molar-refractivity contribution in [3.63, 3.8) is 0 Å². The van der Waals surface area contributed by atoms with Crippen molar-refractivity contribution >= 4 is 45.8 Å². The molecule has 4 N–H and O–H groups in total. The number of amides is 4. The SMILES string of the molecule is CC[C@H](C)CN(Cc1nc2ccc3cc4c(cc3c2[nH]1)OCc1cc(-c2cnc([C@@H]3C[C@H](COC)CN3C(=O)[C@H](NC(=O)OC)c3ccccc3)[nH]2)ccc1-4)C(=O)[C@@H](NC(=O)OC)C(C)C. The fourth-order valence-electron chi connectivity index (χ4n) is 9.11. The molecule has 0 bridgehead atoms. The van der Waals surface area contributed by atoms with E-state index >= 15 is 0 Å². The molecule has 5 atom stereocenters. The number of nitrogens with zero attached hydrogens (tertiary/aromatic N) is 4. The first-order chi connectivity index (χ1) is 31.9. The van der Waals surface area contributed by atoms with Crippen molar-refractivity contribution in [1.82, 2.24) is 40.4 Å². The van der Waals surface area contributed by atoms with Gasteiger partial charge >= 0.3 is 12.2 Å². The number of nitrogens with one attached hydrogen (secondary N) is 4. The summed E-state index contributed by atoms with van der Waals surface area (Å²) < 4.78 is 21.7. The summed E-state index contributed by atoms with van der Waals surface area (Å²) in [7, 11) is 4.21. The maximum atomic E-state index is 14.3. The maximum absolute atomic E-state index is 14.3. The molecule has 0 spiro atoms. The van der Waals surface area contributed by atoms with Crippen LogP contribution in [0.15, 0.2) is 79.0 Å². The molecule has 66 heavy (non-hydrogen) atoms. The number of benzene rings is 4. The first-order valence-electron chi connectivity index (χ1n) is 22.5. The van der Waals surface area contributed by atoms with Crippen LogP contribution in [0.3, 0.4) is 0 Å². The molecule has 8 rings (SSSR count). The number of imidazole rings is 2. The summed E-state index contributed by atoms with van der Waals surface area (Å²) in [6, 6.07) is 21.6. The maximum Gasteiger partial charge on any atom is 0.407 e. The summed E-state index contributed by atoms with van der Waals surface area (Å²) in [6.07, 6.45) is 1.97. The molecule has 1 fully saturated rings. The molecule has 4 heterocycles. The predicted octanol–water partition coefficient (Wildman–Crippen LogP) is 8.05. The normalized spacial score (nSPS) is 16.8. The van der Waals surface area contributed by atoms with Gasteiger partial charge in [0.25, 0.3) is 5.91 Å². The van der Waals surface area contributed by atoms with Crippen LogP contribution >= 0.6 is 0 Å². The Morgan fingerprint density at radius 3 is 2.42 bits per heavy atom.